The Morgan fingerprint density at radius 2 is 1.26 bits per heavy atom. The molecule has 0 saturated carbocycles. The Kier molecular flexibility index (Phi) is 22.9. The van der Waals surface area contributed by atoms with Crippen molar-refractivity contribution in [3.8, 4) is 0 Å². The second-order valence-electron chi connectivity index (χ2n) is 12.5. The second-order valence-corrected chi connectivity index (χ2v) is 12.5. The summed E-state index contributed by atoms with van der Waals surface area (Å²) in [6.07, 6.45) is 15.0. The van der Waals surface area contributed by atoms with Crippen molar-refractivity contribution in [2.24, 2.45) is 10.8 Å². The Balaban J connectivity index is 2.02. The summed E-state index contributed by atoms with van der Waals surface area (Å²) < 4.78 is 30.2. The third-order valence-corrected chi connectivity index (χ3v) is 8.28. The number of aromatic nitrogens is 3. The SMILES string of the molecule is CCCCC(C)(CCC)CCOCCOCCOCc1cn(CCOCCOCCC(=O)C(C)(CCC)CCCC)nn1. The minimum atomic E-state index is -0.209. The van der Waals surface area contributed by atoms with E-state index in [9.17, 15) is 4.79 Å². The fourth-order valence-corrected chi connectivity index (χ4v) is 5.50. The highest BCUT2D eigenvalue weighted by atomic mass is 16.5. The van der Waals surface area contributed by atoms with Gasteiger partial charge < -0.3 is 23.7 Å². The van der Waals surface area contributed by atoms with E-state index in [-0.39, 0.29) is 5.41 Å². The van der Waals surface area contributed by atoms with Gasteiger partial charge in [-0.1, -0.05) is 85.3 Å². The quantitative estimate of drug-likeness (QED) is 0.0814. The van der Waals surface area contributed by atoms with Crippen molar-refractivity contribution in [1.82, 2.24) is 15.0 Å². The summed E-state index contributed by atoms with van der Waals surface area (Å²) in [4.78, 5) is 12.7. The van der Waals surface area contributed by atoms with Gasteiger partial charge in [-0.2, -0.15) is 0 Å². The molecule has 9 heteroatoms. The molecule has 0 saturated heterocycles. The highest BCUT2D eigenvalue weighted by Gasteiger charge is 2.30. The van der Waals surface area contributed by atoms with Gasteiger partial charge in [0.15, 0.2) is 0 Å². The number of ether oxygens (including phenoxy) is 5. The standard InChI is InChI=1S/C34H65N3O6/c1-7-11-16-33(5,14-9-3)18-21-40-24-26-42-27-28-43-30-31-29-37(36-35-31)19-22-41-25-23-39-20-13-32(38)34(6,15-10-4)17-12-8-2/h29H,7-28,30H2,1-6H3. The van der Waals surface area contributed by atoms with Crippen LogP contribution in [0, 0.1) is 10.8 Å². The monoisotopic (exact) mass is 611 g/mol. The zero-order valence-corrected chi connectivity index (χ0v) is 28.6. The molecule has 1 aromatic heterocycles. The van der Waals surface area contributed by atoms with E-state index in [4.69, 9.17) is 23.7 Å². The van der Waals surface area contributed by atoms with Gasteiger partial charge >= 0.3 is 0 Å². The zero-order valence-electron chi connectivity index (χ0n) is 28.6. The van der Waals surface area contributed by atoms with Gasteiger partial charge in [0.1, 0.15) is 11.5 Å². The molecule has 9 nitrogen and oxygen atoms in total. The van der Waals surface area contributed by atoms with Gasteiger partial charge in [0.05, 0.1) is 72.2 Å². The van der Waals surface area contributed by atoms with Crippen molar-refractivity contribution in [1.29, 1.82) is 0 Å². The van der Waals surface area contributed by atoms with Crippen LogP contribution in [0.25, 0.3) is 0 Å². The van der Waals surface area contributed by atoms with Crippen LogP contribution < -0.4 is 0 Å². The molecule has 0 N–H and O–H groups in total. The molecule has 252 valence electrons. The molecule has 1 heterocycles. The minimum absolute atomic E-state index is 0.209. The molecule has 0 aliphatic carbocycles. The van der Waals surface area contributed by atoms with E-state index in [1.165, 1.54) is 32.1 Å². The Morgan fingerprint density at radius 3 is 1.91 bits per heavy atom. The number of nitrogens with zero attached hydrogens (tertiary/aromatic N) is 3. The average molecular weight is 612 g/mol. The van der Waals surface area contributed by atoms with Gasteiger partial charge in [-0.15, -0.1) is 5.10 Å². The molecule has 1 rings (SSSR count). The molecule has 0 amide bonds. The smallest absolute Gasteiger partial charge is 0.141 e. The van der Waals surface area contributed by atoms with Crippen molar-refractivity contribution < 1.29 is 28.5 Å². The Bertz CT molecular complexity index is 807. The Labute approximate surface area is 263 Å². The minimum Gasteiger partial charge on any atom is -0.379 e. The summed E-state index contributed by atoms with van der Waals surface area (Å²) in [7, 11) is 0. The number of unbranched alkanes of at least 4 members (excludes halogenated alkanes) is 2. The number of hydrogen-bond donors (Lipinski definition) is 0. The Morgan fingerprint density at radius 1 is 0.674 bits per heavy atom. The maximum atomic E-state index is 12.7. The average Bonchev–Trinajstić information content (AvgIpc) is 3.45. The predicted molar refractivity (Wildman–Crippen MR) is 172 cm³/mol. The lowest BCUT2D eigenvalue weighted by atomic mass is 9.76. The maximum Gasteiger partial charge on any atom is 0.141 e. The van der Waals surface area contributed by atoms with Crippen molar-refractivity contribution in [2.45, 2.75) is 132 Å². The van der Waals surface area contributed by atoms with Gasteiger partial charge in [-0.05, 0) is 37.5 Å². The molecule has 0 spiro atoms. The number of hydrogen-bond acceptors (Lipinski definition) is 8. The summed E-state index contributed by atoms with van der Waals surface area (Å²) in [5.41, 5.74) is 0.972. The van der Waals surface area contributed by atoms with Gasteiger partial charge in [-0.25, -0.2) is 4.68 Å². The first-order chi connectivity index (χ1) is 20.8. The van der Waals surface area contributed by atoms with Crippen molar-refractivity contribution in [3.05, 3.63) is 11.9 Å². The van der Waals surface area contributed by atoms with E-state index in [2.05, 4.69) is 51.9 Å². The van der Waals surface area contributed by atoms with E-state index in [1.54, 1.807) is 4.68 Å². The van der Waals surface area contributed by atoms with E-state index in [0.29, 0.717) is 83.6 Å². The summed E-state index contributed by atoms with van der Waals surface area (Å²) in [6, 6.07) is 0. The lowest BCUT2D eigenvalue weighted by Gasteiger charge is -2.29. The van der Waals surface area contributed by atoms with Crippen molar-refractivity contribution in [2.75, 3.05) is 59.5 Å². The van der Waals surface area contributed by atoms with Crippen LogP contribution in [0.1, 0.15) is 124 Å². The third kappa shape index (κ3) is 18.9. The zero-order chi connectivity index (χ0) is 31.7. The number of rotatable bonds is 31. The van der Waals surface area contributed by atoms with Crippen LogP contribution in [-0.2, 0) is 41.6 Å². The van der Waals surface area contributed by atoms with E-state index in [1.807, 2.05) is 6.20 Å². The molecule has 2 unspecified atom stereocenters. The molecule has 2 atom stereocenters. The number of carbonyl (C=O) groups is 1. The molecule has 43 heavy (non-hydrogen) atoms. The fraction of sp³-hybridized carbons (Fsp3) is 0.912. The van der Waals surface area contributed by atoms with Crippen molar-refractivity contribution >= 4 is 5.78 Å². The van der Waals surface area contributed by atoms with E-state index >= 15 is 0 Å². The normalized spacial score (nSPS) is 14.6. The first-order valence-electron chi connectivity index (χ1n) is 17.1. The molecule has 0 fully saturated rings. The van der Waals surface area contributed by atoms with Gasteiger partial charge in [-0.3, -0.25) is 4.79 Å². The van der Waals surface area contributed by atoms with Crippen LogP contribution in [0.5, 0.6) is 0 Å². The molecular weight excluding hydrogens is 546 g/mol. The number of ketones is 1. The highest BCUT2D eigenvalue weighted by molar-refractivity contribution is 5.84. The second kappa shape index (κ2) is 24.9. The van der Waals surface area contributed by atoms with E-state index in [0.717, 1.165) is 50.8 Å². The fourth-order valence-electron chi connectivity index (χ4n) is 5.50. The lowest BCUT2D eigenvalue weighted by molar-refractivity contribution is -0.130. The summed E-state index contributed by atoms with van der Waals surface area (Å²) in [6.45, 7) is 19.4. The third-order valence-electron chi connectivity index (χ3n) is 8.28. The highest BCUT2D eigenvalue weighted by Crippen LogP contribution is 2.34. The van der Waals surface area contributed by atoms with Crippen LogP contribution >= 0.6 is 0 Å². The molecule has 0 aliphatic heterocycles. The first kappa shape index (κ1) is 39.6. The van der Waals surface area contributed by atoms with Crippen LogP contribution in [-0.4, -0.2) is 80.2 Å². The van der Waals surface area contributed by atoms with Gasteiger partial charge in [0.2, 0.25) is 0 Å². The van der Waals surface area contributed by atoms with Crippen molar-refractivity contribution in [3.63, 3.8) is 0 Å². The largest absolute Gasteiger partial charge is 0.379 e. The van der Waals surface area contributed by atoms with Crippen LogP contribution in [0.4, 0.5) is 0 Å². The Hall–Kier alpha value is -1.39. The van der Waals surface area contributed by atoms with Crippen LogP contribution in [0.2, 0.25) is 0 Å². The molecular formula is C34H65N3O6. The summed E-state index contributed by atoms with van der Waals surface area (Å²) >= 11 is 0. The number of carbonyl (C=O) groups excluding carboxylic acids is 1. The molecule has 0 aliphatic rings. The molecule has 0 bridgehead atoms. The summed E-state index contributed by atoms with van der Waals surface area (Å²) in [5, 5.41) is 8.29. The van der Waals surface area contributed by atoms with Crippen LogP contribution in [0.3, 0.4) is 0 Å². The topological polar surface area (TPSA) is 93.9 Å². The van der Waals surface area contributed by atoms with Gasteiger partial charge in [0.25, 0.3) is 0 Å². The first-order valence-corrected chi connectivity index (χ1v) is 17.1. The summed E-state index contributed by atoms with van der Waals surface area (Å²) in [5.74, 6) is 0.325. The van der Waals surface area contributed by atoms with Crippen LogP contribution in [0.15, 0.2) is 6.20 Å². The molecule has 0 radical (unpaired) electrons. The predicted octanol–water partition coefficient (Wildman–Crippen LogP) is 7.20. The number of Topliss-reactive ketones (excluding diaryl/α,β-unsaturated/α-hetero) is 1. The molecule has 0 aromatic carbocycles. The van der Waals surface area contributed by atoms with Gasteiger partial charge in [0, 0.05) is 18.4 Å². The van der Waals surface area contributed by atoms with E-state index < -0.39 is 0 Å². The lowest BCUT2D eigenvalue weighted by Crippen LogP contribution is -2.29. The maximum absolute atomic E-state index is 12.7. The molecule has 1 aromatic rings.